The standard InChI is InChI=1S/C14H18BrN3O2S/c1-9(2)7-18-14(20)13(15)11(5-17-18)16-6-12(19)10-3-4-21-8-10/h3-5,8-9,12,16,19H,6-7H2,1-2H3. The zero-order chi connectivity index (χ0) is 15.4. The number of hydrogen-bond acceptors (Lipinski definition) is 5. The normalized spacial score (nSPS) is 12.6. The zero-order valence-electron chi connectivity index (χ0n) is 11.9. The highest BCUT2D eigenvalue weighted by Gasteiger charge is 2.12. The molecule has 2 heterocycles. The van der Waals surface area contributed by atoms with Gasteiger partial charge in [-0.25, -0.2) is 4.68 Å². The summed E-state index contributed by atoms with van der Waals surface area (Å²) in [4.78, 5) is 12.2. The molecule has 2 rings (SSSR count). The third-order valence-corrected chi connectivity index (χ3v) is 4.40. The molecular formula is C14H18BrN3O2S. The average molecular weight is 372 g/mol. The first-order chi connectivity index (χ1) is 9.99. The number of aromatic nitrogens is 2. The van der Waals surface area contributed by atoms with E-state index in [9.17, 15) is 9.90 Å². The molecule has 114 valence electrons. The smallest absolute Gasteiger partial charge is 0.283 e. The first-order valence-electron chi connectivity index (χ1n) is 6.68. The van der Waals surface area contributed by atoms with Crippen LogP contribution in [0.5, 0.6) is 0 Å². The second-order valence-electron chi connectivity index (χ2n) is 5.21. The lowest BCUT2D eigenvalue weighted by molar-refractivity contribution is 0.192. The van der Waals surface area contributed by atoms with Crippen molar-refractivity contribution in [2.24, 2.45) is 5.92 Å². The van der Waals surface area contributed by atoms with Crippen LogP contribution in [-0.4, -0.2) is 21.4 Å². The van der Waals surface area contributed by atoms with Gasteiger partial charge >= 0.3 is 0 Å². The summed E-state index contributed by atoms with van der Waals surface area (Å²) in [7, 11) is 0. The molecule has 0 radical (unpaired) electrons. The maximum absolute atomic E-state index is 12.2. The van der Waals surface area contributed by atoms with Crippen molar-refractivity contribution >= 4 is 33.0 Å². The molecule has 0 aliphatic carbocycles. The number of rotatable bonds is 6. The van der Waals surface area contributed by atoms with Gasteiger partial charge in [-0.1, -0.05) is 13.8 Å². The van der Waals surface area contributed by atoms with Gasteiger partial charge in [-0.3, -0.25) is 4.79 Å². The summed E-state index contributed by atoms with van der Waals surface area (Å²) in [6.45, 7) is 4.97. The lowest BCUT2D eigenvalue weighted by Crippen LogP contribution is -2.27. The van der Waals surface area contributed by atoms with Crippen LogP contribution < -0.4 is 10.9 Å². The van der Waals surface area contributed by atoms with Crippen LogP contribution in [-0.2, 0) is 6.54 Å². The molecule has 0 aromatic carbocycles. The van der Waals surface area contributed by atoms with E-state index in [0.29, 0.717) is 29.2 Å². The van der Waals surface area contributed by atoms with Gasteiger partial charge in [0.15, 0.2) is 0 Å². The topological polar surface area (TPSA) is 67.2 Å². The second-order valence-corrected chi connectivity index (χ2v) is 6.78. The fraction of sp³-hybridized carbons (Fsp3) is 0.429. The quantitative estimate of drug-likeness (QED) is 0.818. The van der Waals surface area contributed by atoms with Gasteiger partial charge < -0.3 is 10.4 Å². The molecular weight excluding hydrogens is 354 g/mol. The van der Waals surface area contributed by atoms with E-state index < -0.39 is 6.10 Å². The van der Waals surface area contributed by atoms with Gasteiger partial charge in [-0.15, -0.1) is 0 Å². The molecule has 21 heavy (non-hydrogen) atoms. The Balaban J connectivity index is 2.07. The monoisotopic (exact) mass is 371 g/mol. The van der Waals surface area contributed by atoms with Crippen LogP contribution in [0.3, 0.4) is 0 Å². The van der Waals surface area contributed by atoms with Gasteiger partial charge in [-0.2, -0.15) is 16.4 Å². The van der Waals surface area contributed by atoms with Crippen molar-refractivity contribution in [3.05, 3.63) is 43.4 Å². The Labute approximate surface area is 135 Å². The van der Waals surface area contributed by atoms with Crippen LogP contribution in [0.15, 0.2) is 32.3 Å². The first-order valence-corrected chi connectivity index (χ1v) is 8.42. The number of thiophene rings is 1. The van der Waals surface area contributed by atoms with E-state index in [4.69, 9.17) is 0 Å². The van der Waals surface area contributed by atoms with E-state index >= 15 is 0 Å². The summed E-state index contributed by atoms with van der Waals surface area (Å²) in [6, 6.07) is 1.88. The Morgan fingerprint density at radius 1 is 1.52 bits per heavy atom. The Kier molecular flexibility index (Phi) is 5.55. The SMILES string of the molecule is CC(C)Cn1ncc(NCC(O)c2ccsc2)c(Br)c1=O. The number of halogens is 1. The summed E-state index contributed by atoms with van der Waals surface area (Å²) < 4.78 is 1.88. The van der Waals surface area contributed by atoms with Crippen LogP contribution in [0.25, 0.3) is 0 Å². The molecule has 0 aliphatic rings. The largest absolute Gasteiger partial charge is 0.387 e. The van der Waals surface area contributed by atoms with Crippen molar-refractivity contribution in [2.75, 3.05) is 11.9 Å². The summed E-state index contributed by atoms with van der Waals surface area (Å²) in [5.41, 5.74) is 1.29. The van der Waals surface area contributed by atoms with Crippen molar-refractivity contribution < 1.29 is 5.11 Å². The Morgan fingerprint density at radius 3 is 2.90 bits per heavy atom. The number of anilines is 1. The maximum atomic E-state index is 12.2. The minimum absolute atomic E-state index is 0.168. The second kappa shape index (κ2) is 7.20. The van der Waals surface area contributed by atoms with Gasteiger partial charge in [0.05, 0.1) is 18.0 Å². The molecule has 0 fully saturated rings. The van der Waals surface area contributed by atoms with Gasteiger partial charge in [-0.05, 0) is 44.2 Å². The minimum atomic E-state index is -0.610. The maximum Gasteiger partial charge on any atom is 0.283 e. The number of hydrogen-bond donors (Lipinski definition) is 2. The Bertz CT molecular complexity index is 640. The van der Waals surface area contributed by atoms with Crippen molar-refractivity contribution in [3.8, 4) is 0 Å². The van der Waals surface area contributed by atoms with Crippen LogP contribution >= 0.6 is 27.3 Å². The minimum Gasteiger partial charge on any atom is -0.387 e. The molecule has 0 spiro atoms. The molecule has 5 nitrogen and oxygen atoms in total. The molecule has 1 unspecified atom stereocenters. The third-order valence-electron chi connectivity index (χ3n) is 2.94. The molecule has 0 saturated carbocycles. The number of aliphatic hydroxyl groups excluding tert-OH is 1. The van der Waals surface area contributed by atoms with E-state index in [-0.39, 0.29) is 5.56 Å². The van der Waals surface area contributed by atoms with Crippen molar-refractivity contribution in [1.29, 1.82) is 0 Å². The summed E-state index contributed by atoms with van der Waals surface area (Å²) in [5, 5.41) is 21.1. The molecule has 1 atom stereocenters. The highest BCUT2D eigenvalue weighted by molar-refractivity contribution is 9.10. The van der Waals surface area contributed by atoms with E-state index in [1.54, 1.807) is 17.5 Å². The molecule has 2 aromatic rings. The molecule has 0 amide bonds. The Hall–Kier alpha value is -1.18. The number of nitrogens with zero attached hydrogens (tertiary/aromatic N) is 2. The molecule has 2 aromatic heterocycles. The predicted octanol–water partition coefficient (Wildman–Crippen LogP) is 2.87. The van der Waals surface area contributed by atoms with Crippen molar-refractivity contribution in [2.45, 2.75) is 26.5 Å². The molecule has 0 aliphatic heterocycles. The predicted molar refractivity (Wildman–Crippen MR) is 88.8 cm³/mol. The summed E-state index contributed by atoms with van der Waals surface area (Å²) >= 11 is 4.84. The summed E-state index contributed by atoms with van der Waals surface area (Å²) in [6.07, 6.45) is 0.995. The van der Waals surface area contributed by atoms with E-state index in [2.05, 4.69) is 26.3 Å². The van der Waals surface area contributed by atoms with Crippen molar-refractivity contribution in [1.82, 2.24) is 9.78 Å². The zero-order valence-corrected chi connectivity index (χ0v) is 14.3. The van der Waals surface area contributed by atoms with E-state index in [1.807, 2.05) is 30.7 Å². The summed E-state index contributed by atoms with van der Waals surface area (Å²) in [5.74, 6) is 0.348. The van der Waals surface area contributed by atoms with Crippen LogP contribution in [0.4, 0.5) is 5.69 Å². The van der Waals surface area contributed by atoms with Gasteiger partial charge in [0, 0.05) is 13.1 Å². The van der Waals surface area contributed by atoms with Crippen LogP contribution in [0.2, 0.25) is 0 Å². The highest BCUT2D eigenvalue weighted by Crippen LogP contribution is 2.20. The van der Waals surface area contributed by atoms with Gasteiger partial charge in [0.2, 0.25) is 0 Å². The third kappa shape index (κ3) is 4.15. The number of aliphatic hydroxyl groups is 1. The lowest BCUT2D eigenvalue weighted by atomic mass is 10.2. The van der Waals surface area contributed by atoms with Gasteiger partial charge in [0.1, 0.15) is 4.47 Å². The van der Waals surface area contributed by atoms with Crippen molar-refractivity contribution in [3.63, 3.8) is 0 Å². The first kappa shape index (κ1) is 16.2. The molecule has 0 bridgehead atoms. The van der Waals surface area contributed by atoms with E-state index in [1.165, 1.54) is 4.68 Å². The van der Waals surface area contributed by atoms with Crippen LogP contribution in [0, 0.1) is 5.92 Å². The van der Waals surface area contributed by atoms with E-state index in [0.717, 1.165) is 5.56 Å². The molecule has 7 heteroatoms. The average Bonchev–Trinajstić information content (AvgIpc) is 2.96. The fourth-order valence-electron chi connectivity index (χ4n) is 1.85. The van der Waals surface area contributed by atoms with Crippen LogP contribution in [0.1, 0.15) is 25.5 Å². The Morgan fingerprint density at radius 2 is 2.29 bits per heavy atom. The number of nitrogens with one attached hydrogen (secondary N) is 1. The molecule has 0 saturated heterocycles. The lowest BCUT2D eigenvalue weighted by Gasteiger charge is -2.14. The fourth-order valence-corrected chi connectivity index (χ4v) is 3.01. The molecule has 2 N–H and O–H groups in total. The highest BCUT2D eigenvalue weighted by atomic mass is 79.9. The van der Waals surface area contributed by atoms with Gasteiger partial charge in [0.25, 0.3) is 5.56 Å².